The van der Waals surface area contributed by atoms with Gasteiger partial charge in [0.25, 0.3) is 5.91 Å². The highest BCUT2D eigenvalue weighted by Gasteiger charge is 2.28. The number of aromatic nitrogens is 4. The van der Waals surface area contributed by atoms with E-state index in [0.717, 1.165) is 0 Å². The lowest BCUT2D eigenvalue weighted by Gasteiger charge is -2.23. The fourth-order valence-electron chi connectivity index (χ4n) is 2.90. The zero-order chi connectivity index (χ0) is 25.1. The van der Waals surface area contributed by atoms with E-state index >= 15 is 0 Å². The number of hydrogen-bond donors (Lipinski definition) is 4. The third kappa shape index (κ3) is 5.62. The highest BCUT2D eigenvalue weighted by atomic mass is 19.1. The molecule has 1 amide bonds. The number of pyridine rings is 2. The molecule has 0 aliphatic heterocycles. The van der Waals surface area contributed by atoms with Gasteiger partial charge in [-0.2, -0.15) is 15.0 Å². The van der Waals surface area contributed by atoms with Gasteiger partial charge in [-0.1, -0.05) is 0 Å². The van der Waals surface area contributed by atoms with Crippen molar-refractivity contribution >= 4 is 22.6 Å². The number of alkyl halides is 2. The number of nitriles is 1. The zero-order valence-corrected chi connectivity index (χ0v) is 18.9. The van der Waals surface area contributed by atoms with Gasteiger partial charge in [0.05, 0.1) is 48.3 Å². The molecule has 0 bridgehead atoms. The van der Waals surface area contributed by atoms with Crippen LogP contribution in [0.15, 0.2) is 30.7 Å². The summed E-state index contributed by atoms with van der Waals surface area (Å²) in [6, 6.07) is 5.05. The maximum Gasteiger partial charge on any atom is 0.255 e. The van der Waals surface area contributed by atoms with Gasteiger partial charge in [-0.05, 0) is 26.8 Å². The number of anilines is 1. The number of rotatable bonds is 9. The monoisotopic (exact) mass is 473 g/mol. The molecule has 0 saturated carbocycles. The Balaban J connectivity index is 1.95. The first kappa shape index (κ1) is 24.9. The zero-order valence-electron chi connectivity index (χ0n) is 18.9. The van der Waals surface area contributed by atoms with E-state index in [1.54, 1.807) is 6.07 Å². The van der Waals surface area contributed by atoms with Gasteiger partial charge in [0, 0.05) is 23.8 Å². The minimum absolute atomic E-state index is 0.00313. The van der Waals surface area contributed by atoms with E-state index in [1.807, 2.05) is 6.07 Å². The number of nitrogens with zero attached hydrogens (tertiary/aromatic N) is 5. The van der Waals surface area contributed by atoms with E-state index in [1.165, 1.54) is 50.1 Å². The summed E-state index contributed by atoms with van der Waals surface area (Å²) >= 11 is 0. The lowest BCUT2D eigenvalue weighted by Crippen LogP contribution is -2.42. The van der Waals surface area contributed by atoms with Crippen molar-refractivity contribution in [3.63, 3.8) is 0 Å². The highest BCUT2D eigenvalue weighted by Crippen LogP contribution is 2.23. The number of hydrogen-bond acceptors (Lipinski definition) is 8. The van der Waals surface area contributed by atoms with Crippen LogP contribution < -0.4 is 10.6 Å². The molecule has 3 aromatic heterocycles. The van der Waals surface area contributed by atoms with Crippen molar-refractivity contribution in [2.75, 3.05) is 25.0 Å². The molecule has 3 aromatic rings. The maximum atomic E-state index is 14.3. The number of halogens is 2. The Morgan fingerprint density at radius 3 is 2.65 bits per heavy atom. The Morgan fingerprint density at radius 1 is 1.26 bits per heavy atom. The van der Waals surface area contributed by atoms with Crippen LogP contribution in [0.3, 0.4) is 0 Å². The predicted octanol–water partition coefficient (Wildman–Crippen LogP) is 1.66. The molecule has 3 rings (SSSR count). The predicted molar refractivity (Wildman–Crippen MR) is 120 cm³/mol. The summed E-state index contributed by atoms with van der Waals surface area (Å²) in [7, 11) is 0. The van der Waals surface area contributed by atoms with Crippen molar-refractivity contribution in [2.45, 2.75) is 38.2 Å². The van der Waals surface area contributed by atoms with Gasteiger partial charge in [0.15, 0.2) is 11.5 Å². The fourth-order valence-corrected chi connectivity index (χ4v) is 2.90. The van der Waals surface area contributed by atoms with E-state index in [-0.39, 0.29) is 23.6 Å². The molecule has 2 atom stereocenters. The molecule has 0 saturated heterocycles. The Hall–Kier alpha value is -3.69. The molecule has 180 valence electrons. The van der Waals surface area contributed by atoms with Crippen molar-refractivity contribution in [1.29, 1.82) is 5.26 Å². The van der Waals surface area contributed by atoms with Crippen LogP contribution in [-0.4, -0.2) is 73.0 Å². The fraction of sp³-hybridized carbons (Fsp3) is 0.409. The second-order valence-corrected chi connectivity index (χ2v) is 8.65. The number of nitrogens with one attached hydrogen (secondary N) is 2. The third-order valence-electron chi connectivity index (χ3n) is 5.07. The number of fused-ring (bicyclic) bond motifs is 1. The molecule has 34 heavy (non-hydrogen) atoms. The summed E-state index contributed by atoms with van der Waals surface area (Å²) < 4.78 is 29.8. The SMILES string of the molecule is CC(F)(CO)CNc1cc(-n2ncc3cc(C#N)cnc32)ncc1C(=O)NCC(F)C(C)(C)O. The molecule has 12 heteroatoms. The molecule has 0 aliphatic carbocycles. The van der Waals surface area contributed by atoms with Gasteiger partial charge in [0.1, 0.15) is 17.9 Å². The molecule has 0 aromatic carbocycles. The van der Waals surface area contributed by atoms with Gasteiger partial charge in [-0.15, -0.1) is 0 Å². The summed E-state index contributed by atoms with van der Waals surface area (Å²) in [6.07, 6.45) is 2.38. The molecule has 0 spiro atoms. The molecule has 0 aliphatic rings. The lowest BCUT2D eigenvalue weighted by molar-refractivity contribution is -0.00177. The van der Waals surface area contributed by atoms with Crippen LogP contribution >= 0.6 is 0 Å². The van der Waals surface area contributed by atoms with Crippen molar-refractivity contribution in [2.24, 2.45) is 0 Å². The first-order valence-electron chi connectivity index (χ1n) is 10.4. The van der Waals surface area contributed by atoms with E-state index < -0.39 is 36.5 Å². The van der Waals surface area contributed by atoms with Gasteiger partial charge < -0.3 is 20.8 Å². The largest absolute Gasteiger partial charge is 0.393 e. The molecular weight excluding hydrogens is 448 g/mol. The van der Waals surface area contributed by atoms with Gasteiger partial charge in [0.2, 0.25) is 0 Å². The maximum absolute atomic E-state index is 14.3. The number of carbonyl (C=O) groups excluding carboxylic acids is 1. The first-order valence-corrected chi connectivity index (χ1v) is 10.4. The molecule has 3 heterocycles. The number of carbonyl (C=O) groups is 1. The number of amides is 1. The van der Waals surface area contributed by atoms with Crippen LogP contribution in [0.2, 0.25) is 0 Å². The second-order valence-electron chi connectivity index (χ2n) is 8.65. The first-order chi connectivity index (χ1) is 15.9. The van der Waals surface area contributed by atoms with E-state index in [9.17, 15) is 23.8 Å². The molecule has 4 N–H and O–H groups in total. The van der Waals surface area contributed by atoms with Gasteiger partial charge in [-0.3, -0.25) is 4.79 Å². The second kappa shape index (κ2) is 9.66. The topological polar surface area (TPSA) is 149 Å². The molecule has 0 fully saturated rings. The Morgan fingerprint density at radius 2 is 2.00 bits per heavy atom. The van der Waals surface area contributed by atoms with E-state index in [4.69, 9.17) is 5.26 Å². The van der Waals surface area contributed by atoms with Crippen LogP contribution in [-0.2, 0) is 0 Å². The normalized spacial score (nSPS) is 14.3. The van der Waals surface area contributed by atoms with Crippen LogP contribution in [0.1, 0.15) is 36.7 Å². The summed E-state index contributed by atoms with van der Waals surface area (Å²) in [5.41, 5.74) is -2.70. The van der Waals surface area contributed by atoms with E-state index in [0.29, 0.717) is 16.6 Å². The van der Waals surface area contributed by atoms with Crippen LogP contribution in [0, 0.1) is 11.3 Å². The van der Waals surface area contributed by atoms with Crippen molar-refractivity contribution in [3.05, 3.63) is 41.9 Å². The molecule has 2 unspecified atom stereocenters. The van der Waals surface area contributed by atoms with Crippen molar-refractivity contribution in [3.8, 4) is 11.9 Å². The summed E-state index contributed by atoms with van der Waals surface area (Å²) in [4.78, 5) is 21.2. The standard InChI is InChI=1S/C22H25F2N7O3/c1-21(2,34)17(23)10-28-20(33)15-9-26-18(5-16(15)29-11-22(3,24)12-32)31-19-14(8-30-31)4-13(6-25)7-27-19/h4-5,7-9,17,32,34H,10-12H2,1-3H3,(H,26,29)(H,28,33). The Bertz CT molecular complexity index is 1230. The molecular formula is C22H25F2N7O3. The summed E-state index contributed by atoms with van der Waals surface area (Å²) in [5.74, 6) is -0.448. The van der Waals surface area contributed by atoms with Crippen molar-refractivity contribution in [1.82, 2.24) is 25.1 Å². The van der Waals surface area contributed by atoms with Crippen LogP contribution in [0.5, 0.6) is 0 Å². The minimum atomic E-state index is -1.98. The van der Waals surface area contributed by atoms with Crippen LogP contribution in [0.4, 0.5) is 14.5 Å². The van der Waals surface area contributed by atoms with Gasteiger partial charge in [-0.25, -0.2) is 18.7 Å². The minimum Gasteiger partial charge on any atom is -0.393 e. The Labute approximate surface area is 194 Å². The molecule has 10 nitrogen and oxygen atoms in total. The average Bonchev–Trinajstić information content (AvgIpc) is 3.23. The average molecular weight is 473 g/mol. The number of aliphatic hydroxyl groups is 2. The van der Waals surface area contributed by atoms with Crippen molar-refractivity contribution < 1.29 is 23.8 Å². The quantitative estimate of drug-likeness (QED) is 0.367. The third-order valence-corrected chi connectivity index (χ3v) is 5.07. The summed E-state index contributed by atoms with van der Waals surface area (Å²) in [6.45, 7) is 2.24. The van der Waals surface area contributed by atoms with E-state index in [2.05, 4.69) is 25.7 Å². The molecule has 0 radical (unpaired) electrons. The van der Waals surface area contributed by atoms with Crippen LogP contribution in [0.25, 0.3) is 16.9 Å². The Kier molecular flexibility index (Phi) is 7.09. The summed E-state index contributed by atoms with van der Waals surface area (Å²) in [5, 5.41) is 38.0. The lowest BCUT2D eigenvalue weighted by atomic mass is 10.0. The number of aliphatic hydroxyl groups excluding tert-OH is 1. The van der Waals surface area contributed by atoms with Gasteiger partial charge >= 0.3 is 0 Å². The smallest absolute Gasteiger partial charge is 0.255 e. The highest BCUT2D eigenvalue weighted by molar-refractivity contribution is 5.99.